The van der Waals surface area contributed by atoms with Crippen LogP contribution in [0.4, 0.5) is 18.9 Å². The van der Waals surface area contributed by atoms with Crippen LogP contribution < -0.4 is 21.7 Å². The number of carbonyl (C=O) groups is 1. The van der Waals surface area contributed by atoms with E-state index in [1.807, 2.05) is 0 Å². The SMILES string of the molecule is C#C.C1COCCN1.CNc1cncc(F)c1CC[C@@H]1CN[C@H](CO)CO1.Fc1ccc(Cc2ccc(F)cc2)cc1.NCC=O. The number of ether oxygens (including phenoxy) is 2. The first-order valence-corrected chi connectivity index (χ1v) is 14.9. The number of hydrogen-bond donors (Lipinski definition) is 5. The summed E-state index contributed by atoms with van der Waals surface area (Å²) in [5, 5.41) is 18.3. The predicted octanol–water partition coefficient (Wildman–Crippen LogP) is 3.10. The molecule has 0 unspecified atom stereocenters. The van der Waals surface area contributed by atoms with Crippen LogP contribution in [0.15, 0.2) is 60.9 Å². The number of rotatable bonds is 8. The van der Waals surface area contributed by atoms with E-state index in [1.54, 1.807) is 37.5 Å². The quantitative estimate of drug-likeness (QED) is 0.185. The molecule has 6 N–H and O–H groups in total. The third-order valence-electron chi connectivity index (χ3n) is 6.56. The molecule has 2 atom stereocenters. The molecule has 0 spiro atoms. The van der Waals surface area contributed by atoms with Gasteiger partial charge in [0, 0.05) is 38.8 Å². The number of nitrogens with one attached hydrogen (secondary N) is 3. The van der Waals surface area contributed by atoms with E-state index < -0.39 is 0 Å². The van der Waals surface area contributed by atoms with Crippen molar-refractivity contribution in [2.45, 2.75) is 31.4 Å². The number of anilines is 1. The number of aliphatic hydroxyl groups excluding tert-OH is 1. The summed E-state index contributed by atoms with van der Waals surface area (Å²) in [6.45, 7) is 5.24. The Bertz CT molecular complexity index is 1170. The van der Waals surface area contributed by atoms with Crippen LogP contribution in [0.1, 0.15) is 23.1 Å². The minimum Gasteiger partial charge on any atom is -0.395 e. The number of morpholine rings is 2. The molecule has 0 amide bonds. The van der Waals surface area contributed by atoms with Gasteiger partial charge in [0.05, 0.1) is 56.7 Å². The van der Waals surface area contributed by atoms with Gasteiger partial charge in [0.15, 0.2) is 0 Å². The van der Waals surface area contributed by atoms with Crippen molar-refractivity contribution in [2.75, 3.05) is 65.0 Å². The molecule has 46 heavy (non-hydrogen) atoms. The molecular weight excluding hydrogens is 599 g/mol. The summed E-state index contributed by atoms with van der Waals surface area (Å²) >= 11 is 0. The maximum absolute atomic E-state index is 13.7. The molecule has 252 valence electrons. The molecule has 0 aliphatic carbocycles. The Morgan fingerprint density at radius 1 is 1.02 bits per heavy atom. The van der Waals surface area contributed by atoms with E-state index in [9.17, 15) is 13.2 Å². The molecular formula is C34H46F3N5O4. The summed E-state index contributed by atoms with van der Waals surface area (Å²) in [7, 11) is 1.75. The van der Waals surface area contributed by atoms with E-state index in [0.717, 1.165) is 49.5 Å². The number of aliphatic hydroxyl groups is 1. The van der Waals surface area contributed by atoms with Crippen LogP contribution in [-0.4, -0.2) is 88.2 Å². The van der Waals surface area contributed by atoms with Crippen LogP contribution >= 0.6 is 0 Å². The highest BCUT2D eigenvalue weighted by atomic mass is 19.1. The van der Waals surface area contributed by atoms with Gasteiger partial charge in [-0.1, -0.05) is 24.3 Å². The monoisotopic (exact) mass is 645 g/mol. The molecule has 2 aliphatic rings. The Labute approximate surface area is 270 Å². The highest BCUT2D eigenvalue weighted by Crippen LogP contribution is 2.20. The fraction of sp³-hybridized carbons (Fsp3) is 0.412. The van der Waals surface area contributed by atoms with Crippen LogP contribution in [0.2, 0.25) is 0 Å². The zero-order valence-corrected chi connectivity index (χ0v) is 26.3. The van der Waals surface area contributed by atoms with E-state index in [0.29, 0.717) is 37.8 Å². The first kappa shape index (κ1) is 40.2. The van der Waals surface area contributed by atoms with Gasteiger partial charge in [-0.3, -0.25) is 4.98 Å². The minimum atomic E-state index is -0.288. The molecule has 0 bridgehead atoms. The molecule has 2 aliphatic heterocycles. The number of terminal acetylenes is 1. The van der Waals surface area contributed by atoms with Crippen molar-refractivity contribution in [3.63, 3.8) is 0 Å². The molecule has 0 saturated carbocycles. The average Bonchev–Trinajstić information content (AvgIpc) is 3.12. The highest BCUT2D eigenvalue weighted by molar-refractivity contribution is 5.51. The maximum Gasteiger partial charge on any atom is 0.146 e. The standard InChI is InChI=1S/C13H10F2.C13H20FN3O2.C4H9NO.C2H5NO.C2H2/c14-12-5-1-10(2-6-12)9-11-3-7-13(15)8-4-11;1-15-13-6-16-5-12(14)11(13)3-2-10-4-17-9(7-18)8-19-10;1-3-6-4-2-5-1;3-1-2-4;1-2/h1-8H,9H2;5-6,9-10,15,17-18H,2-4,7-8H2,1H3;5H,1-4H2;2H,1,3H2;1-2H/t;9-,10-;;;/m.1.../s1. The second-order valence-corrected chi connectivity index (χ2v) is 9.87. The van der Waals surface area contributed by atoms with Crippen LogP contribution in [-0.2, 0) is 27.1 Å². The van der Waals surface area contributed by atoms with Crippen molar-refractivity contribution in [1.29, 1.82) is 0 Å². The summed E-state index contributed by atoms with van der Waals surface area (Å²) in [5.74, 6) is -0.764. The smallest absolute Gasteiger partial charge is 0.146 e. The predicted molar refractivity (Wildman–Crippen MR) is 175 cm³/mol. The molecule has 12 heteroatoms. The fourth-order valence-corrected chi connectivity index (χ4v) is 4.16. The number of nitrogens with two attached hydrogens (primary N) is 1. The molecule has 2 saturated heterocycles. The van der Waals surface area contributed by atoms with Crippen molar-refractivity contribution >= 4 is 12.0 Å². The molecule has 9 nitrogen and oxygen atoms in total. The lowest BCUT2D eigenvalue weighted by Gasteiger charge is -2.29. The van der Waals surface area contributed by atoms with Crippen LogP contribution in [0.5, 0.6) is 0 Å². The van der Waals surface area contributed by atoms with Gasteiger partial charge < -0.3 is 41.1 Å². The van der Waals surface area contributed by atoms with Gasteiger partial charge in [0.1, 0.15) is 23.7 Å². The highest BCUT2D eigenvalue weighted by Gasteiger charge is 2.21. The number of aromatic nitrogens is 1. The number of aldehydes is 1. The number of halogens is 3. The van der Waals surface area contributed by atoms with E-state index >= 15 is 0 Å². The Morgan fingerprint density at radius 2 is 1.59 bits per heavy atom. The van der Waals surface area contributed by atoms with Crippen molar-refractivity contribution < 1.29 is 32.5 Å². The van der Waals surface area contributed by atoms with Gasteiger partial charge in [0.25, 0.3) is 0 Å². The van der Waals surface area contributed by atoms with E-state index in [2.05, 4.69) is 39.5 Å². The zero-order valence-electron chi connectivity index (χ0n) is 26.3. The molecule has 5 rings (SSSR count). The molecule has 3 aromatic rings. The first-order valence-electron chi connectivity index (χ1n) is 14.9. The van der Waals surface area contributed by atoms with Crippen molar-refractivity contribution in [1.82, 2.24) is 15.6 Å². The van der Waals surface area contributed by atoms with E-state index in [-0.39, 0.29) is 42.7 Å². The van der Waals surface area contributed by atoms with Gasteiger partial charge in [-0.25, -0.2) is 13.2 Å². The van der Waals surface area contributed by atoms with Crippen LogP contribution in [0.25, 0.3) is 0 Å². The minimum absolute atomic E-state index is 0.0155. The fourth-order valence-electron chi connectivity index (χ4n) is 4.16. The second kappa shape index (κ2) is 25.4. The largest absolute Gasteiger partial charge is 0.395 e. The number of pyridine rings is 1. The molecule has 1 aromatic heterocycles. The summed E-state index contributed by atoms with van der Waals surface area (Å²) in [5.41, 5.74) is 8.06. The number of nitrogens with zero attached hydrogens (tertiary/aromatic N) is 1. The van der Waals surface area contributed by atoms with Gasteiger partial charge in [-0.05, 0) is 54.7 Å². The van der Waals surface area contributed by atoms with Crippen molar-refractivity contribution in [3.05, 3.63) is 95.1 Å². The van der Waals surface area contributed by atoms with Crippen molar-refractivity contribution in [2.24, 2.45) is 5.73 Å². The number of carbonyl (C=O) groups excluding carboxylic acids is 1. The van der Waals surface area contributed by atoms with E-state index in [1.165, 1.54) is 30.5 Å². The maximum atomic E-state index is 13.7. The first-order chi connectivity index (χ1) is 22.4. The molecule has 3 heterocycles. The van der Waals surface area contributed by atoms with Crippen molar-refractivity contribution in [3.8, 4) is 12.8 Å². The lowest BCUT2D eigenvalue weighted by Crippen LogP contribution is -2.48. The molecule has 2 fully saturated rings. The Kier molecular flexibility index (Phi) is 22.2. The molecule has 2 aromatic carbocycles. The molecule has 0 radical (unpaired) electrons. The second-order valence-electron chi connectivity index (χ2n) is 9.87. The van der Waals surface area contributed by atoms with Crippen LogP contribution in [0.3, 0.4) is 0 Å². The zero-order chi connectivity index (χ0) is 34.0. The summed E-state index contributed by atoms with van der Waals surface area (Å²) in [6.07, 6.45) is 13.6. The average molecular weight is 646 g/mol. The number of hydrogen-bond acceptors (Lipinski definition) is 9. The summed E-state index contributed by atoms with van der Waals surface area (Å²) < 4.78 is 49.6. The van der Waals surface area contributed by atoms with Gasteiger partial charge in [-0.2, -0.15) is 0 Å². The van der Waals surface area contributed by atoms with E-state index in [4.69, 9.17) is 19.4 Å². The summed E-state index contributed by atoms with van der Waals surface area (Å²) in [6, 6.07) is 12.7. The lowest BCUT2D eigenvalue weighted by atomic mass is 10.0. The van der Waals surface area contributed by atoms with Gasteiger partial charge >= 0.3 is 0 Å². The Balaban J connectivity index is 0.000000345. The number of benzene rings is 2. The Morgan fingerprint density at radius 3 is 1.98 bits per heavy atom. The summed E-state index contributed by atoms with van der Waals surface area (Å²) in [4.78, 5) is 12.9. The normalized spacial score (nSPS) is 16.7. The third-order valence-corrected chi connectivity index (χ3v) is 6.56. The topological polar surface area (TPSA) is 131 Å². The Hall–Kier alpha value is -3.83. The lowest BCUT2D eigenvalue weighted by molar-refractivity contribution is -0.106. The van der Waals surface area contributed by atoms with Gasteiger partial charge in [0.2, 0.25) is 0 Å². The third kappa shape index (κ3) is 17.0. The van der Waals surface area contributed by atoms with Gasteiger partial charge in [-0.15, -0.1) is 12.8 Å². The van der Waals surface area contributed by atoms with Crippen LogP contribution in [0, 0.1) is 30.3 Å².